The number of aryl methyl sites for hydroxylation is 3. The molecule has 0 unspecified atom stereocenters. The molecule has 0 aliphatic carbocycles. The minimum atomic E-state index is -0.324. The maximum absolute atomic E-state index is 11.3. The van der Waals surface area contributed by atoms with Gasteiger partial charge in [-0.15, -0.1) is 0 Å². The van der Waals surface area contributed by atoms with Gasteiger partial charge in [-0.3, -0.25) is 4.79 Å². The number of fused-ring (bicyclic) bond motifs is 1. The van der Waals surface area contributed by atoms with E-state index in [4.69, 9.17) is 18.7 Å². The van der Waals surface area contributed by atoms with E-state index in [2.05, 4.69) is 19.0 Å². The van der Waals surface area contributed by atoms with E-state index in [9.17, 15) is 4.79 Å². The Morgan fingerprint density at radius 3 is 2.47 bits per heavy atom. The van der Waals surface area contributed by atoms with Crippen LogP contribution in [0.25, 0.3) is 11.0 Å². The summed E-state index contributed by atoms with van der Waals surface area (Å²) in [6.07, 6.45) is 3.47. The molecule has 0 radical (unpaired) electrons. The summed E-state index contributed by atoms with van der Waals surface area (Å²) in [5.74, 6) is 1.95. The van der Waals surface area contributed by atoms with Crippen molar-refractivity contribution >= 4 is 16.9 Å². The van der Waals surface area contributed by atoms with E-state index in [1.165, 1.54) is 6.92 Å². The van der Waals surface area contributed by atoms with Crippen LogP contribution in [-0.4, -0.2) is 24.3 Å². The van der Waals surface area contributed by atoms with E-state index in [0.717, 1.165) is 76.1 Å². The Hall–Kier alpha value is -3.02. The average molecular weight is 440 g/mol. The SMILES string of the molecule is CCCc1c(OCCCOc2c(C)cc(OC(C)=O)c(C)c2C)ccc2c(CC)noc12. The topological polar surface area (TPSA) is 70.8 Å². The van der Waals surface area contributed by atoms with Crippen molar-refractivity contribution < 1.29 is 23.5 Å². The monoisotopic (exact) mass is 439 g/mol. The zero-order chi connectivity index (χ0) is 23.3. The molecule has 3 rings (SSSR count). The molecule has 0 saturated carbocycles. The smallest absolute Gasteiger partial charge is 0.308 e. The normalized spacial score (nSPS) is 11.1. The Bertz CT molecular complexity index is 1100. The molecule has 0 saturated heterocycles. The number of hydrogen-bond acceptors (Lipinski definition) is 6. The zero-order valence-corrected chi connectivity index (χ0v) is 20.0. The summed E-state index contributed by atoms with van der Waals surface area (Å²) in [5, 5.41) is 5.28. The zero-order valence-electron chi connectivity index (χ0n) is 20.0. The van der Waals surface area contributed by atoms with Crippen molar-refractivity contribution in [2.24, 2.45) is 0 Å². The second-order valence-electron chi connectivity index (χ2n) is 8.07. The Labute approximate surface area is 189 Å². The summed E-state index contributed by atoms with van der Waals surface area (Å²) in [4.78, 5) is 11.3. The highest BCUT2D eigenvalue weighted by atomic mass is 16.5. The molecule has 0 amide bonds. The molecule has 0 atom stereocenters. The van der Waals surface area contributed by atoms with Gasteiger partial charge in [0.1, 0.15) is 17.2 Å². The number of carbonyl (C=O) groups is 1. The predicted molar refractivity (Wildman–Crippen MR) is 125 cm³/mol. The molecule has 0 spiro atoms. The van der Waals surface area contributed by atoms with Crippen molar-refractivity contribution in [3.05, 3.63) is 46.1 Å². The van der Waals surface area contributed by atoms with Crippen LogP contribution in [0.1, 0.15) is 61.6 Å². The Balaban J connectivity index is 1.63. The highest BCUT2D eigenvalue weighted by Gasteiger charge is 2.16. The first-order valence-electron chi connectivity index (χ1n) is 11.3. The van der Waals surface area contributed by atoms with E-state index >= 15 is 0 Å². The van der Waals surface area contributed by atoms with Crippen LogP contribution in [0.3, 0.4) is 0 Å². The molecule has 0 aliphatic rings. The molecular formula is C26H33NO5. The van der Waals surface area contributed by atoms with Gasteiger partial charge in [-0.2, -0.15) is 0 Å². The van der Waals surface area contributed by atoms with Crippen molar-refractivity contribution in [2.75, 3.05) is 13.2 Å². The molecule has 0 bridgehead atoms. The maximum Gasteiger partial charge on any atom is 0.308 e. The lowest BCUT2D eigenvalue weighted by Crippen LogP contribution is -2.09. The van der Waals surface area contributed by atoms with Crippen molar-refractivity contribution in [2.45, 2.75) is 67.2 Å². The minimum absolute atomic E-state index is 0.324. The Morgan fingerprint density at radius 1 is 1.03 bits per heavy atom. The van der Waals surface area contributed by atoms with Gasteiger partial charge >= 0.3 is 5.97 Å². The predicted octanol–water partition coefficient (Wildman–Crippen LogP) is 6.04. The first-order valence-corrected chi connectivity index (χ1v) is 11.3. The molecule has 1 aromatic heterocycles. The van der Waals surface area contributed by atoms with Crippen LogP contribution < -0.4 is 14.2 Å². The highest BCUT2D eigenvalue weighted by molar-refractivity contribution is 5.84. The van der Waals surface area contributed by atoms with Crippen molar-refractivity contribution in [1.82, 2.24) is 5.16 Å². The molecule has 1 heterocycles. The lowest BCUT2D eigenvalue weighted by Gasteiger charge is -2.17. The van der Waals surface area contributed by atoms with Crippen LogP contribution in [0.4, 0.5) is 0 Å². The maximum atomic E-state index is 11.3. The molecule has 3 aromatic rings. The van der Waals surface area contributed by atoms with E-state index < -0.39 is 0 Å². The third kappa shape index (κ3) is 5.06. The fourth-order valence-corrected chi connectivity index (χ4v) is 3.89. The molecule has 2 aromatic carbocycles. The fourth-order valence-electron chi connectivity index (χ4n) is 3.89. The van der Waals surface area contributed by atoms with Crippen LogP contribution in [0, 0.1) is 20.8 Å². The van der Waals surface area contributed by atoms with Gasteiger partial charge in [-0.25, -0.2) is 0 Å². The fraction of sp³-hybridized carbons (Fsp3) is 0.462. The van der Waals surface area contributed by atoms with Crippen molar-refractivity contribution in [3.8, 4) is 17.2 Å². The van der Waals surface area contributed by atoms with Crippen LogP contribution >= 0.6 is 0 Å². The summed E-state index contributed by atoms with van der Waals surface area (Å²) in [5.41, 5.74) is 5.74. The van der Waals surface area contributed by atoms with E-state index in [-0.39, 0.29) is 5.97 Å². The third-order valence-corrected chi connectivity index (χ3v) is 5.64. The van der Waals surface area contributed by atoms with Gasteiger partial charge in [-0.1, -0.05) is 25.4 Å². The summed E-state index contributed by atoms with van der Waals surface area (Å²) in [6.45, 7) is 12.6. The standard InChI is InChI=1S/C26H33NO5/c1-7-10-21-23(12-11-20-22(8-2)27-32-26(20)21)29-13-9-14-30-25-16(3)15-24(31-19(6)28)17(4)18(25)5/h11-12,15H,7-10,13-14H2,1-6H3. The molecular weight excluding hydrogens is 406 g/mol. The summed E-state index contributed by atoms with van der Waals surface area (Å²) in [7, 11) is 0. The first-order chi connectivity index (χ1) is 15.4. The number of aromatic nitrogens is 1. The number of esters is 1. The average Bonchev–Trinajstić information content (AvgIpc) is 3.18. The molecule has 32 heavy (non-hydrogen) atoms. The number of ether oxygens (including phenoxy) is 3. The molecule has 6 heteroatoms. The van der Waals surface area contributed by atoms with Gasteiger partial charge in [0.25, 0.3) is 0 Å². The highest BCUT2D eigenvalue weighted by Crippen LogP contribution is 2.34. The number of hydrogen-bond donors (Lipinski definition) is 0. The van der Waals surface area contributed by atoms with Crippen LogP contribution in [-0.2, 0) is 17.6 Å². The lowest BCUT2D eigenvalue weighted by atomic mass is 10.0. The quantitative estimate of drug-likeness (QED) is 0.218. The Morgan fingerprint density at radius 2 is 1.78 bits per heavy atom. The number of benzene rings is 2. The number of nitrogens with zero attached hydrogens (tertiary/aromatic N) is 1. The number of carbonyl (C=O) groups excluding carboxylic acids is 1. The largest absolute Gasteiger partial charge is 0.493 e. The van der Waals surface area contributed by atoms with Crippen LogP contribution in [0.5, 0.6) is 17.2 Å². The summed E-state index contributed by atoms with van der Waals surface area (Å²) < 4.78 is 23.1. The summed E-state index contributed by atoms with van der Waals surface area (Å²) in [6, 6.07) is 5.91. The second kappa shape index (κ2) is 10.5. The molecule has 0 N–H and O–H groups in total. The molecule has 6 nitrogen and oxygen atoms in total. The van der Waals surface area contributed by atoms with Gasteiger partial charge in [0.2, 0.25) is 0 Å². The van der Waals surface area contributed by atoms with E-state index in [0.29, 0.717) is 19.0 Å². The summed E-state index contributed by atoms with van der Waals surface area (Å²) >= 11 is 0. The van der Waals surface area contributed by atoms with Gasteiger partial charge in [0, 0.05) is 24.3 Å². The van der Waals surface area contributed by atoms with E-state index in [1.807, 2.05) is 39.0 Å². The van der Waals surface area contributed by atoms with E-state index in [1.54, 1.807) is 0 Å². The van der Waals surface area contributed by atoms with Gasteiger partial charge in [-0.05, 0) is 68.5 Å². The number of rotatable bonds is 10. The Kier molecular flexibility index (Phi) is 7.78. The second-order valence-corrected chi connectivity index (χ2v) is 8.07. The van der Waals surface area contributed by atoms with Crippen molar-refractivity contribution in [3.63, 3.8) is 0 Å². The van der Waals surface area contributed by atoms with Crippen molar-refractivity contribution in [1.29, 1.82) is 0 Å². The third-order valence-electron chi connectivity index (χ3n) is 5.64. The van der Waals surface area contributed by atoms with Crippen LogP contribution in [0.2, 0.25) is 0 Å². The van der Waals surface area contributed by atoms with Gasteiger partial charge in [0.15, 0.2) is 5.58 Å². The van der Waals surface area contributed by atoms with Crippen LogP contribution in [0.15, 0.2) is 22.7 Å². The minimum Gasteiger partial charge on any atom is -0.493 e. The molecule has 0 aliphatic heterocycles. The van der Waals surface area contributed by atoms with Gasteiger partial charge in [0.05, 0.1) is 18.9 Å². The molecule has 0 fully saturated rings. The van der Waals surface area contributed by atoms with Gasteiger partial charge < -0.3 is 18.7 Å². The first kappa shape index (κ1) is 23.6. The lowest BCUT2D eigenvalue weighted by molar-refractivity contribution is -0.131. The molecule has 172 valence electrons.